The standard InChI is InChI=1S/C12H14N4O/c13-7-9-17-11-5-3-10(4-6-11)15-12-2-1-8-14-16-12/h1-6,8H,7,9,13H2,(H,15,16). The van der Waals surface area contributed by atoms with Crippen LogP contribution >= 0.6 is 0 Å². The molecule has 5 nitrogen and oxygen atoms in total. The first-order chi connectivity index (χ1) is 8.38. The van der Waals surface area contributed by atoms with Gasteiger partial charge in [0.15, 0.2) is 5.82 Å². The predicted molar refractivity (Wildman–Crippen MR) is 66.3 cm³/mol. The highest BCUT2D eigenvalue weighted by atomic mass is 16.5. The summed E-state index contributed by atoms with van der Waals surface area (Å²) >= 11 is 0. The van der Waals surface area contributed by atoms with Crippen molar-refractivity contribution in [2.75, 3.05) is 18.5 Å². The van der Waals surface area contributed by atoms with Gasteiger partial charge in [-0.1, -0.05) is 0 Å². The summed E-state index contributed by atoms with van der Waals surface area (Å²) in [4.78, 5) is 0. The maximum Gasteiger partial charge on any atom is 0.153 e. The first-order valence-electron chi connectivity index (χ1n) is 5.36. The molecule has 1 aromatic heterocycles. The molecule has 0 aliphatic carbocycles. The molecular formula is C12H14N4O. The van der Waals surface area contributed by atoms with E-state index in [-0.39, 0.29) is 0 Å². The van der Waals surface area contributed by atoms with Crippen LogP contribution < -0.4 is 15.8 Å². The summed E-state index contributed by atoms with van der Waals surface area (Å²) < 4.78 is 5.38. The lowest BCUT2D eigenvalue weighted by Gasteiger charge is -2.07. The van der Waals surface area contributed by atoms with E-state index in [2.05, 4.69) is 15.5 Å². The van der Waals surface area contributed by atoms with Crippen molar-refractivity contribution in [2.24, 2.45) is 5.73 Å². The minimum atomic E-state index is 0.513. The van der Waals surface area contributed by atoms with E-state index in [9.17, 15) is 0 Å². The maximum atomic E-state index is 5.38. The van der Waals surface area contributed by atoms with Gasteiger partial charge in [0.25, 0.3) is 0 Å². The molecule has 1 heterocycles. The Morgan fingerprint density at radius 1 is 1.18 bits per heavy atom. The summed E-state index contributed by atoms with van der Waals surface area (Å²) in [6.07, 6.45) is 1.63. The molecule has 0 fully saturated rings. The Labute approximate surface area is 99.6 Å². The lowest BCUT2D eigenvalue weighted by Crippen LogP contribution is -2.10. The van der Waals surface area contributed by atoms with Gasteiger partial charge in [-0.2, -0.15) is 5.10 Å². The summed E-state index contributed by atoms with van der Waals surface area (Å²) in [6, 6.07) is 11.3. The van der Waals surface area contributed by atoms with Crippen LogP contribution in [0.1, 0.15) is 0 Å². The highest BCUT2D eigenvalue weighted by Gasteiger charge is 1.96. The molecule has 0 unspecified atom stereocenters. The van der Waals surface area contributed by atoms with Gasteiger partial charge in [-0.25, -0.2) is 0 Å². The van der Waals surface area contributed by atoms with Crippen LogP contribution in [0.3, 0.4) is 0 Å². The summed E-state index contributed by atoms with van der Waals surface area (Å²) in [6.45, 7) is 1.04. The summed E-state index contributed by atoms with van der Waals surface area (Å²) in [5.41, 5.74) is 6.29. The SMILES string of the molecule is NCCOc1ccc(Nc2cccnn2)cc1. The second-order valence-electron chi connectivity index (χ2n) is 3.40. The van der Waals surface area contributed by atoms with Gasteiger partial charge in [0.05, 0.1) is 0 Å². The Balaban J connectivity index is 1.98. The Hall–Kier alpha value is -2.14. The van der Waals surface area contributed by atoms with Crippen molar-refractivity contribution in [2.45, 2.75) is 0 Å². The van der Waals surface area contributed by atoms with E-state index in [1.54, 1.807) is 6.20 Å². The van der Waals surface area contributed by atoms with Crippen LogP contribution in [0, 0.1) is 0 Å². The second-order valence-corrected chi connectivity index (χ2v) is 3.40. The monoisotopic (exact) mass is 230 g/mol. The minimum Gasteiger partial charge on any atom is -0.492 e. The lowest BCUT2D eigenvalue weighted by molar-refractivity contribution is 0.328. The third-order valence-electron chi connectivity index (χ3n) is 2.09. The fourth-order valence-electron chi connectivity index (χ4n) is 1.33. The van der Waals surface area contributed by atoms with Gasteiger partial charge in [-0.15, -0.1) is 5.10 Å². The average molecular weight is 230 g/mol. The third-order valence-corrected chi connectivity index (χ3v) is 2.09. The van der Waals surface area contributed by atoms with Gasteiger partial charge in [0.2, 0.25) is 0 Å². The minimum absolute atomic E-state index is 0.513. The number of aromatic nitrogens is 2. The van der Waals surface area contributed by atoms with Crippen LogP contribution in [0.4, 0.5) is 11.5 Å². The van der Waals surface area contributed by atoms with Gasteiger partial charge in [-0.3, -0.25) is 0 Å². The number of hydrogen-bond donors (Lipinski definition) is 2. The summed E-state index contributed by atoms with van der Waals surface area (Å²) in [7, 11) is 0. The van der Waals surface area contributed by atoms with Crippen LogP contribution in [0.15, 0.2) is 42.6 Å². The molecule has 2 aromatic rings. The van der Waals surface area contributed by atoms with E-state index in [0.29, 0.717) is 19.0 Å². The number of benzene rings is 1. The number of ether oxygens (including phenoxy) is 1. The lowest BCUT2D eigenvalue weighted by atomic mass is 10.3. The zero-order valence-electron chi connectivity index (χ0n) is 9.34. The van der Waals surface area contributed by atoms with Crippen LogP contribution in [-0.2, 0) is 0 Å². The zero-order valence-corrected chi connectivity index (χ0v) is 9.34. The maximum absolute atomic E-state index is 5.38. The Morgan fingerprint density at radius 3 is 2.65 bits per heavy atom. The second kappa shape index (κ2) is 5.81. The van der Waals surface area contributed by atoms with E-state index in [0.717, 1.165) is 11.4 Å². The molecule has 0 aliphatic rings. The Kier molecular flexibility index (Phi) is 3.88. The molecule has 0 spiro atoms. The highest BCUT2D eigenvalue weighted by Crippen LogP contribution is 2.18. The molecule has 0 radical (unpaired) electrons. The molecule has 0 aliphatic heterocycles. The number of nitrogens with two attached hydrogens (primary N) is 1. The predicted octanol–water partition coefficient (Wildman–Crippen LogP) is 1.56. The fourth-order valence-corrected chi connectivity index (χ4v) is 1.33. The zero-order chi connectivity index (χ0) is 11.9. The number of nitrogens with one attached hydrogen (secondary N) is 1. The molecule has 17 heavy (non-hydrogen) atoms. The van der Waals surface area contributed by atoms with E-state index < -0.39 is 0 Å². The van der Waals surface area contributed by atoms with E-state index in [4.69, 9.17) is 10.5 Å². The topological polar surface area (TPSA) is 73.1 Å². The molecule has 0 bridgehead atoms. The Bertz CT molecular complexity index is 444. The van der Waals surface area contributed by atoms with Crippen molar-refractivity contribution in [3.8, 4) is 5.75 Å². The largest absolute Gasteiger partial charge is 0.492 e. The molecule has 0 saturated heterocycles. The van der Waals surface area contributed by atoms with Gasteiger partial charge < -0.3 is 15.8 Å². The van der Waals surface area contributed by atoms with E-state index in [1.807, 2.05) is 36.4 Å². The van der Waals surface area contributed by atoms with Crippen LogP contribution in [0.5, 0.6) is 5.75 Å². The number of nitrogens with zero attached hydrogens (tertiary/aromatic N) is 2. The van der Waals surface area contributed by atoms with Crippen molar-refractivity contribution in [1.29, 1.82) is 0 Å². The van der Waals surface area contributed by atoms with Crippen molar-refractivity contribution in [3.63, 3.8) is 0 Å². The fraction of sp³-hybridized carbons (Fsp3) is 0.167. The molecule has 5 heteroatoms. The van der Waals surface area contributed by atoms with Gasteiger partial charge in [0.1, 0.15) is 12.4 Å². The molecule has 0 saturated carbocycles. The normalized spacial score (nSPS) is 9.94. The van der Waals surface area contributed by atoms with E-state index in [1.165, 1.54) is 0 Å². The number of hydrogen-bond acceptors (Lipinski definition) is 5. The first-order valence-corrected chi connectivity index (χ1v) is 5.36. The molecule has 0 atom stereocenters. The van der Waals surface area contributed by atoms with Crippen molar-refractivity contribution < 1.29 is 4.74 Å². The first kappa shape index (κ1) is 11.3. The van der Waals surface area contributed by atoms with Crippen LogP contribution in [-0.4, -0.2) is 23.3 Å². The van der Waals surface area contributed by atoms with Crippen molar-refractivity contribution >= 4 is 11.5 Å². The number of anilines is 2. The number of rotatable bonds is 5. The quantitative estimate of drug-likeness (QED) is 0.815. The molecular weight excluding hydrogens is 216 g/mol. The van der Waals surface area contributed by atoms with Crippen molar-refractivity contribution in [3.05, 3.63) is 42.6 Å². The smallest absolute Gasteiger partial charge is 0.153 e. The van der Waals surface area contributed by atoms with E-state index >= 15 is 0 Å². The van der Waals surface area contributed by atoms with Gasteiger partial charge >= 0.3 is 0 Å². The molecule has 3 N–H and O–H groups in total. The van der Waals surface area contributed by atoms with Gasteiger partial charge in [-0.05, 0) is 36.4 Å². The third kappa shape index (κ3) is 3.42. The van der Waals surface area contributed by atoms with Crippen molar-refractivity contribution in [1.82, 2.24) is 10.2 Å². The molecule has 1 aromatic carbocycles. The molecule has 88 valence electrons. The molecule has 2 rings (SSSR count). The van der Waals surface area contributed by atoms with Gasteiger partial charge in [0, 0.05) is 18.4 Å². The van der Waals surface area contributed by atoms with Crippen LogP contribution in [0.2, 0.25) is 0 Å². The summed E-state index contributed by atoms with van der Waals surface area (Å²) in [5, 5.41) is 10.9. The summed E-state index contributed by atoms with van der Waals surface area (Å²) in [5.74, 6) is 1.52. The molecule has 0 amide bonds. The Morgan fingerprint density at radius 2 is 2.00 bits per heavy atom. The van der Waals surface area contributed by atoms with Crippen LogP contribution in [0.25, 0.3) is 0 Å². The average Bonchev–Trinajstić information content (AvgIpc) is 2.39. The highest BCUT2D eigenvalue weighted by molar-refractivity contribution is 5.56.